The molecule has 0 bridgehead atoms. The Morgan fingerprint density at radius 1 is 1.30 bits per heavy atom. The summed E-state index contributed by atoms with van der Waals surface area (Å²) in [6.07, 6.45) is 0.938. The number of fused-ring (bicyclic) bond motifs is 1. The van der Waals surface area contributed by atoms with Crippen molar-refractivity contribution in [1.82, 2.24) is 4.98 Å². The summed E-state index contributed by atoms with van der Waals surface area (Å²) in [6, 6.07) is 9.17. The minimum Gasteiger partial charge on any atom is -0.506 e. The third-order valence-electron chi connectivity index (χ3n) is 3.18. The summed E-state index contributed by atoms with van der Waals surface area (Å²) in [6.45, 7) is 2.09. The molecule has 4 nitrogen and oxygen atoms in total. The Labute approximate surface area is 124 Å². The van der Waals surface area contributed by atoms with Crippen LogP contribution in [-0.2, 0) is 6.42 Å². The molecule has 3 aromatic rings. The van der Waals surface area contributed by atoms with Crippen molar-refractivity contribution in [3.05, 3.63) is 40.4 Å². The number of rotatable bonds is 2. The number of phenolic OH excluding ortho intramolecular Hbond substituents is 1. The highest BCUT2D eigenvalue weighted by Crippen LogP contribution is 2.38. The Morgan fingerprint density at radius 2 is 2.10 bits per heavy atom. The van der Waals surface area contributed by atoms with Gasteiger partial charge in [0.2, 0.25) is 5.89 Å². The third kappa shape index (κ3) is 2.14. The minimum atomic E-state index is 0.0708. The molecule has 2 aromatic carbocycles. The van der Waals surface area contributed by atoms with E-state index >= 15 is 0 Å². The lowest BCUT2D eigenvalue weighted by molar-refractivity contribution is 0.471. The summed E-state index contributed by atoms with van der Waals surface area (Å²) >= 11 is 3.26. The van der Waals surface area contributed by atoms with Crippen LogP contribution in [0.15, 0.2) is 39.2 Å². The maximum Gasteiger partial charge on any atom is 0.231 e. The molecule has 0 saturated heterocycles. The first kappa shape index (κ1) is 13.0. The Morgan fingerprint density at radius 3 is 2.85 bits per heavy atom. The zero-order valence-corrected chi connectivity index (χ0v) is 12.4. The van der Waals surface area contributed by atoms with Gasteiger partial charge in [-0.05, 0) is 52.2 Å². The average Bonchev–Trinajstić information content (AvgIpc) is 2.85. The van der Waals surface area contributed by atoms with E-state index in [0.717, 1.165) is 11.9 Å². The van der Waals surface area contributed by atoms with Gasteiger partial charge in [0.15, 0.2) is 5.58 Å². The molecule has 0 fully saturated rings. The molecular formula is C15H13BrN2O2. The number of hydrogen-bond donors (Lipinski definition) is 2. The van der Waals surface area contributed by atoms with Gasteiger partial charge in [-0.25, -0.2) is 4.98 Å². The zero-order chi connectivity index (χ0) is 14.3. The molecule has 0 aliphatic rings. The second-order valence-electron chi connectivity index (χ2n) is 4.57. The topological polar surface area (TPSA) is 72.3 Å². The summed E-state index contributed by atoms with van der Waals surface area (Å²) in [5.74, 6) is 0.431. The smallest absolute Gasteiger partial charge is 0.231 e. The van der Waals surface area contributed by atoms with Gasteiger partial charge in [-0.2, -0.15) is 0 Å². The number of aromatic nitrogens is 1. The monoisotopic (exact) mass is 332 g/mol. The summed E-state index contributed by atoms with van der Waals surface area (Å²) in [4.78, 5) is 4.43. The van der Waals surface area contributed by atoms with Gasteiger partial charge in [-0.15, -0.1) is 0 Å². The van der Waals surface area contributed by atoms with Crippen LogP contribution in [0.5, 0.6) is 5.75 Å². The minimum absolute atomic E-state index is 0.0708. The van der Waals surface area contributed by atoms with Crippen molar-refractivity contribution in [2.24, 2.45) is 0 Å². The Kier molecular flexibility index (Phi) is 3.14. The van der Waals surface area contributed by atoms with Crippen LogP contribution in [0.3, 0.4) is 0 Å². The zero-order valence-electron chi connectivity index (χ0n) is 10.9. The van der Waals surface area contributed by atoms with Crippen molar-refractivity contribution in [2.75, 3.05) is 5.73 Å². The summed E-state index contributed by atoms with van der Waals surface area (Å²) in [5, 5.41) is 10.1. The maximum absolute atomic E-state index is 10.1. The number of halogens is 1. The van der Waals surface area contributed by atoms with E-state index in [9.17, 15) is 5.11 Å². The number of phenols is 1. The lowest BCUT2D eigenvalue weighted by Gasteiger charge is -2.04. The fraction of sp³-hybridized carbons (Fsp3) is 0.133. The van der Waals surface area contributed by atoms with Crippen molar-refractivity contribution in [3.8, 4) is 17.2 Å². The molecule has 0 aliphatic carbocycles. The third-order valence-corrected chi connectivity index (χ3v) is 3.78. The number of aryl methyl sites for hydroxylation is 1. The first-order valence-corrected chi connectivity index (χ1v) is 7.05. The Bertz CT molecular complexity index is 796. The predicted octanol–water partition coefficient (Wildman–Crippen LogP) is 4.11. The van der Waals surface area contributed by atoms with Crippen molar-refractivity contribution in [2.45, 2.75) is 13.3 Å². The van der Waals surface area contributed by atoms with Crippen LogP contribution < -0.4 is 5.73 Å². The highest BCUT2D eigenvalue weighted by molar-refractivity contribution is 9.10. The number of hydrogen-bond acceptors (Lipinski definition) is 4. The highest BCUT2D eigenvalue weighted by atomic mass is 79.9. The van der Waals surface area contributed by atoms with E-state index in [1.807, 2.05) is 18.2 Å². The fourth-order valence-corrected chi connectivity index (χ4v) is 2.57. The van der Waals surface area contributed by atoms with E-state index in [-0.39, 0.29) is 5.75 Å². The van der Waals surface area contributed by atoms with Crippen molar-refractivity contribution in [1.29, 1.82) is 0 Å². The largest absolute Gasteiger partial charge is 0.506 e. The van der Waals surface area contributed by atoms with Crippen LogP contribution in [-0.4, -0.2) is 10.1 Å². The summed E-state index contributed by atoms with van der Waals surface area (Å²) in [7, 11) is 0. The van der Waals surface area contributed by atoms with E-state index in [1.165, 1.54) is 5.56 Å². The van der Waals surface area contributed by atoms with Crippen LogP contribution in [0.4, 0.5) is 5.69 Å². The van der Waals surface area contributed by atoms with E-state index < -0.39 is 0 Å². The van der Waals surface area contributed by atoms with Gasteiger partial charge in [0.05, 0.1) is 10.0 Å². The van der Waals surface area contributed by atoms with Gasteiger partial charge in [0.25, 0.3) is 0 Å². The lowest BCUT2D eigenvalue weighted by Crippen LogP contribution is -1.88. The standard InChI is InChI=1S/C15H13BrN2O2/c1-2-8-3-4-13-12(5-8)18-15(20-13)10-6-9(17)7-11(16)14(10)19/h3-7,19H,2,17H2,1H3. The maximum atomic E-state index is 10.1. The number of benzene rings is 2. The quantitative estimate of drug-likeness (QED) is 0.547. The first-order chi connectivity index (χ1) is 9.58. The van der Waals surface area contributed by atoms with E-state index in [2.05, 4.69) is 27.8 Å². The van der Waals surface area contributed by atoms with Gasteiger partial charge in [-0.3, -0.25) is 0 Å². The molecule has 0 radical (unpaired) electrons. The van der Waals surface area contributed by atoms with Crippen LogP contribution in [0, 0.1) is 0 Å². The number of nitrogens with two attached hydrogens (primary N) is 1. The van der Waals surface area contributed by atoms with Crippen LogP contribution in [0.25, 0.3) is 22.6 Å². The van der Waals surface area contributed by atoms with E-state index in [1.54, 1.807) is 12.1 Å². The van der Waals surface area contributed by atoms with E-state index in [4.69, 9.17) is 10.2 Å². The van der Waals surface area contributed by atoms with Crippen LogP contribution >= 0.6 is 15.9 Å². The number of anilines is 1. The number of nitrogen functional groups attached to an aromatic ring is 1. The molecule has 0 amide bonds. The predicted molar refractivity (Wildman–Crippen MR) is 82.6 cm³/mol. The molecule has 3 rings (SSSR count). The van der Waals surface area contributed by atoms with Crippen molar-refractivity contribution >= 4 is 32.7 Å². The van der Waals surface area contributed by atoms with Crippen molar-refractivity contribution < 1.29 is 9.52 Å². The van der Waals surface area contributed by atoms with Crippen molar-refractivity contribution in [3.63, 3.8) is 0 Å². The van der Waals surface area contributed by atoms with Gasteiger partial charge >= 0.3 is 0 Å². The second-order valence-corrected chi connectivity index (χ2v) is 5.43. The van der Waals surface area contributed by atoms with Gasteiger partial charge in [-0.1, -0.05) is 13.0 Å². The molecule has 0 aliphatic heterocycles. The van der Waals surface area contributed by atoms with Gasteiger partial charge < -0.3 is 15.3 Å². The number of aromatic hydroxyl groups is 1. The molecule has 5 heteroatoms. The molecule has 1 aromatic heterocycles. The molecule has 102 valence electrons. The van der Waals surface area contributed by atoms with Gasteiger partial charge in [0, 0.05) is 5.69 Å². The molecule has 20 heavy (non-hydrogen) atoms. The molecule has 3 N–H and O–H groups in total. The normalized spacial score (nSPS) is 11.1. The Balaban J connectivity index is 2.20. The fourth-order valence-electron chi connectivity index (χ4n) is 2.09. The summed E-state index contributed by atoms with van der Waals surface area (Å²) in [5.41, 5.74) is 9.46. The SMILES string of the molecule is CCc1ccc2oc(-c3cc(N)cc(Br)c3O)nc2c1. The molecule has 0 atom stereocenters. The number of oxazole rings is 1. The second kappa shape index (κ2) is 4.83. The molecule has 0 saturated carbocycles. The van der Waals surface area contributed by atoms with Crippen LogP contribution in [0.1, 0.15) is 12.5 Å². The van der Waals surface area contributed by atoms with Crippen LogP contribution in [0.2, 0.25) is 0 Å². The molecular weight excluding hydrogens is 320 g/mol. The molecule has 0 unspecified atom stereocenters. The molecule has 0 spiro atoms. The molecule has 1 heterocycles. The number of nitrogens with zero attached hydrogens (tertiary/aromatic N) is 1. The lowest BCUT2D eigenvalue weighted by atomic mass is 10.1. The highest BCUT2D eigenvalue weighted by Gasteiger charge is 2.15. The average molecular weight is 333 g/mol. The Hall–Kier alpha value is -2.01. The summed E-state index contributed by atoms with van der Waals surface area (Å²) < 4.78 is 6.21. The van der Waals surface area contributed by atoms with Gasteiger partial charge in [0.1, 0.15) is 11.3 Å². The van der Waals surface area contributed by atoms with E-state index in [0.29, 0.717) is 27.2 Å². The first-order valence-electron chi connectivity index (χ1n) is 6.26.